The Balaban J connectivity index is 2.67. The lowest BCUT2D eigenvalue weighted by molar-refractivity contribution is 0.184. The maximum absolute atomic E-state index is 5.66. The van der Waals surface area contributed by atoms with Crippen LogP contribution >= 0.6 is 15.9 Å². The molecule has 0 amide bonds. The van der Waals surface area contributed by atoms with Gasteiger partial charge in [0.05, 0.1) is 16.8 Å². The van der Waals surface area contributed by atoms with Gasteiger partial charge in [0.15, 0.2) is 0 Å². The van der Waals surface area contributed by atoms with Crippen molar-refractivity contribution in [1.29, 1.82) is 0 Å². The van der Waals surface area contributed by atoms with Gasteiger partial charge in [-0.1, -0.05) is 13.8 Å². The second-order valence-electron chi connectivity index (χ2n) is 3.94. The minimum atomic E-state index is 0.121. The molecular formula is C10H16BrN3O. The number of nitrogens with zero attached hydrogens (tertiary/aromatic N) is 2. The van der Waals surface area contributed by atoms with Crippen LogP contribution in [0.1, 0.15) is 27.2 Å². The smallest absolute Gasteiger partial charge is 0.233 e. The fraction of sp³-hybridized carbons (Fsp3) is 0.600. The molecule has 1 aromatic heterocycles. The third-order valence-electron chi connectivity index (χ3n) is 1.85. The monoisotopic (exact) mass is 273 g/mol. The molecule has 0 radical (unpaired) electrons. The Morgan fingerprint density at radius 3 is 2.73 bits per heavy atom. The van der Waals surface area contributed by atoms with E-state index < -0.39 is 0 Å². The number of rotatable bonds is 4. The van der Waals surface area contributed by atoms with Crippen molar-refractivity contribution in [1.82, 2.24) is 9.97 Å². The van der Waals surface area contributed by atoms with E-state index in [4.69, 9.17) is 10.5 Å². The zero-order chi connectivity index (χ0) is 11.4. The number of aromatic nitrogens is 2. The van der Waals surface area contributed by atoms with Gasteiger partial charge < -0.3 is 10.5 Å². The minimum Gasteiger partial charge on any atom is -0.474 e. The molecule has 1 heterocycles. The summed E-state index contributed by atoms with van der Waals surface area (Å²) >= 11 is 3.32. The van der Waals surface area contributed by atoms with E-state index >= 15 is 0 Å². The third kappa shape index (κ3) is 4.03. The molecule has 1 aromatic rings. The van der Waals surface area contributed by atoms with E-state index in [1.165, 1.54) is 0 Å². The quantitative estimate of drug-likeness (QED) is 0.916. The van der Waals surface area contributed by atoms with E-state index in [0.29, 0.717) is 11.8 Å². The van der Waals surface area contributed by atoms with Gasteiger partial charge in [0.25, 0.3) is 0 Å². The lowest BCUT2D eigenvalue weighted by Crippen LogP contribution is -2.16. The van der Waals surface area contributed by atoms with Gasteiger partial charge in [-0.2, -0.15) is 4.98 Å². The highest BCUT2D eigenvalue weighted by Crippen LogP contribution is 2.23. The lowest BCUT2D eigenvalue weighted by Gasteiger charge is -2.16. The normalized spacial score (nSPS) is 12.9. The first kappa shape index (κ1) is 12.2. The molecule has 0 fully saturated rings. The molecular weight excluding hydrogens is 258 g/mol. The molecule has 0 saturated carbocycles. The predicted octanol–water partition coefficient (Wildman–Crippen LogP) is 2.63. The average Bonchev–Trinajstić information content (AvgIpc) is 2.10. The van der Waals surface area contributed by atoms with Crippen molar-refractivity contribution in [3.63, 3.8) is 0 Å². The Bertz CT molecular complexity index is 330. The highest BCUT2D eigenvalue weighted by atomic mass is 79.9. The van der Waals surface area contributed by atoms with E-state index in [2.05, 4.69) is 39.7 Å². The molecule has 1 rings (SSSR count). The molecule has 0 aliphatic carbocycles. The lowest BCUT2D eigenvalue weighted by atomic mass is 10.1. The summed E-state index contributed by atoms with van der Waals surface area (Å²) in [4.78, 5) is 7.86. The molecule has 0 saturated heterocycles. The summed E-state index contributed by atoms with van der Waals surface area (Å²) in [6, 6.07) is 0. The topological polar surface area (TPSA) is 61.0 Å². The van der Waals surface area contributed by atoms with Crippen LogP contribution in [0.4, 0.5) is 5.95 Å². The van der Waals surface area contributed by atoms with E-state index in [9.17, 15) is 0 Å². The highest BCUT2D eigenvalue weighted by molar-refractivity contribution is 9.10. The predicted molar refractivity (Wildman–Crippen MR) is 63.7 cm³/mol. The summed E-state index contributed by atoms with van der Waals surface area (Å²) in [6.07, 6.45) is 2.70. The Morgan fingerprint density at radius 1 is 1.47 bits per heavy atom. The second-order valence-corrected chi connectivity index (χ2v) is 4.79. The number of ether oxygens (including phenoxy) is 1. The van der Waals surface area contributed by atoms with Crippen LogP contribution < -0.4 is 10.5 Å². The van der Waals surface area contributed by atoms with Crippen molar-refractivity contribution in [3.8, 4) is 5.88 Å². The van der Waals surface area contributed by atoms with Crippen molar-refractivity contribution in [2.45, 2.75) is 33.3 Å². The molecule has 0 aliphatic rings. The van der Waals surface area contributed by atoms with Crippen molar-refractivity contribution in [2.24, 2.45) is 5.92 Å². The molecule has 84 valence electrons. The summed E-state index contributed by atoms with van der Waals surface area (Å²) in [5.74, 6) is 1.33. The standard InChI is InChI=1S/C10H16BrN3O/c1-6(2)4-7(3)15-9-8(11)5-13-10(12)14-9/h5-7H,4H2,1-3H3,(H2,12,13,14). The van der Waals surface area contributed by atoms with Crippen LogP contribution in [0.5, 0.6) is 5.88 Å². The SMILES string of the molecule is CC(C)CC(C)Oc1nc(N)ncc1Br. The summed E-state index contributed by atoms with van der Waals surface area (Å²) in [6.45, 7) is 6.33. The van der Waals surface area contributed by atoms with Crippen molar-refractivity contribution < 1.29 is 4.74 Å². The van der Waals surface area contributed by atoms with Gasteiger partial charge in [-0.25, -0.2) is 4.98 Å². The largest absolute Gasteiger partial charge is 0.474 e. The van der Waals surface area contributed by atoms with E-state index in [-0.39, 0.29) is 12.1 Å². The van der Waals surface area contributed by atoms with Gasteiger partial charge in [-0.3, -0.25) is 0 Å². The molecule has 2 N–H and O–H groups in total. The van der Waals surface area contributed by atoms with Gasteiger partial charge in [0.2, 0.25) is 11.8 Å². The molecule has 0 spiro atoms. The van der Waals surface area contributed by atoms with E-state index in [1.807, 2.05) is 6.92 Å². The first-order valence-electron chi connectivity index (χ1n) is 4.93. The number of hydrogen-bond acceptors (Lipinski definition) is 4. The molecule has 1 atom stereocenters. The molecule has 0 bridgehead atoms. The molecule has 15 heavy (non-hydrogen) atoms. The fourth-order valence-electron chi connectivity index (χ4n) is 1.35. The second kappa shape index (κ2) is 5.30. The van der Waals surface area contributed by atoms with Crippen LogP contribution in [0.2, 0.25) is 0 Å². The Morgan fingerprint density at radius 2 is 2.13 bits per heavy atom. The van der Waals surface area contributed by atoms with Crippen LogP contribution in [-0.2, 0) is 0 Å². The summed E-state index contributed by atoms with van der Waals surface area (Å²) in [5.41, 5.74) is 5.48. The zero-order valence-electron chi connectivity index (χ0n) is 9.20. The van der Waals surface area contributed by atoms with Gasteiger partial charge >= 0.3 is 0 Å². The molecule has 5 heteroatoms. The average molecular weight is 274 g/mol. The summed E-state index contributed by atoms with van der Waals surface area (Å²) in [5, 5.41) is 0. The number of nitrogens with two attached hydrogens (primary N) is 1. The van der Waals surface area contributed by atoms with Crippen LogP contribution in [0, 0.1) is 5.92 Å². The molecule has 4 nitrogen and oxygen atoms in total. The number of anilines is 1. The first-order chi connectivity index (χ1) is 6.99. The Kier molecular flexibility index (Phi) is 4.32. The van der Waals surface area contributed by atoms with Gasteiger partial charge in [0.1, 0.15) is 0 Å². The molecule has 0 aromatic carbocycles. The van der Waals surface area contributed by atoms with Crippen LogP contribution in [0.3, 0.4) is 0 Å². The van der Waals surface area contributed by atoms with E-state index in [0.717, 1.165) is 10.9 Å². The van der Waals surface area contributed by atoms with Gasteiger partial charge in [0, 0.05) is 0 Å². The number of hydrogen-bond donors (Lipinski definition) is 1. The minimum absolute atomic E-state index is 0.121. The van der Waals surface area contributed by atoms with Crippen molar-refractivity contribution in [2.75, 3.05) is 5.73 Å². The molecule has 1 unspecified atom stereocenters. The van der Waals surface area contributed by atoms with Crippen LogP contribution in [-0.4, -0.2) is 16.1 Å². The fourth-order valence-corrected chi connectivity index (χ4v) is 1.63. The van der Waals surface area contributed by atoms with E-state index in [1.54, 1.807) is 6.20 Å². The van der Waals surface area contributed by atoms with Gasteiger partial charge in [-0.05, 0) is 35.2 Å². The Labute approximate surface area is 98.4 Å². The number of halogens is 1. The maximum atomic E-state index is 5.66. The van der Waals surface area contributed by atoms with Crippen molar-refractivity contribution in [3.05, 3.63) is 10.7 Å². The van der Waals surface area contributed by atoms with Crippen molar-refractivity contribution >= 4 is 21.9 Å². The highest BCUT2D eigenvalue weighted by Gasteiger charge is 2.11. The Hall–Kier alpha value is -0.840. The summed E-state index contributed by atoms with van der Waals surface area (Å²) < 4.78 is 6.39. The first-order valence-corrected chi connectivity index (χ1v) is 5.73. The third-order valence-corrected chi connectivity index (χ3v) is 2.39. The summed E-state index contributed by atoms with van der Waals surface area (Å²) in [7, 11) is 0. The zero-order valence-corrected chi connectivity index (χ0v) is 10.8. The van der Waals surface area contributed by atoms with Gasteiger partial charge in [-0.15, -0.1) is 0 Å². The maximum Gasteiger partial charge on any atom is 0.233 e. The van der Waals surface area contributed by atoms with Crippen LogP contribution in [0.25, 0.3) is 0 Å². The van der Waals surface area contributed by atoms with Crippen LogP contribution in [0.15, 0.2) is 10.7 Å². The molecule has 0 aliphatic heterocycles. The number of nitrogen functional groups attached to an aromatic ring is 1.